The fourth-order valence-electron chi connectivity index (χ4n) is 3.32. The van der Waals surface area contributed by atoms with Crippen molar-refractivity contribution in [2.75, 3.05) is 43.4 Å². The van der Waals surface area contributed by atoms with Gasteiger partial charge in [-0.15, -0.1) is 10.2 Å². The Hall–Kier alpha value is -3.30. The number of carbonyl (C=O) groups is 2. The van der Waals surface area contributed by atoms with Gasteiger partial charge in [-0.1, -0.05) is 41.7 Å². The minimum Gasteiger partial charge on any atom is -0.355 e. The minimum absolute atomic E-state index is 0.00741. The zero-order chi connectivity index (χ0) is 20.8. The van der Waals surface area contributed by atoms with Gasteiger partial charge in [0.2, 0.25) is 11.0 Å². The summed E-state index contributed by atoms with van der Waals surface area (Å²) in [5.74, 6) is -0.129. The molecule has 1 aliphatic rings. The summed E-state index contributed by atoms with van der Waals surface area (Å²) < 4.78 is 0. The molecule has 2 N–H and O–H groups in total. The standard InChI is InChI=1S/C21H22N6O2S/c28-19(24-21-25-22-15-30-21)14-26-10-12-27(13-11-26)20(29)17-8-4-5-9-18(17)23-16-6-2-1-3-7-16/h1-9,15,23H,10-14H2,(H,24,25,28). The number of amides is 2. The maximum atomic E-state index is 13.1. The van der Waals surface area contributed by atoms with Gasteiger partial charge >= 0.3 is 0 Å². The van der Waals surface area contributed by atoms with Gasteiger partial charge in [-0.2, -0.15) is 0 Å². The Morgan fingerprint density at radius 1 is 0.967 bits per heavy atom. The number of nitrogens with one attached hydrogen (secondary N) is 2. The van der Waals surface area contributed by atoms with E-state index in [0.29, 0.717) is 36.9 Å². The Labute approximate surface area is 178 Å². The first-order valence-corrected chi connectivity index (χ1v) is 10.6. The van der Waals surface area contributed by atoms with Crippen LogP contribution in [-0.4, -0.2) is 64.5 Å². The van der Waals surface area contributed by atoms with E-state index in [-0.39, 0.29) is 18.4 Å². The number of hydrogen-bond acceptors (Lipinski definition) is 7. The molecular weight excluding hydrogens is 400 g/mol. The summed E-state index contributed by atoms with van der Waals surface area (Å²) in [7, 11) is 0. The van der Waals surface area contributed by atoms with Crippen molar-refractivity contribution in [3.63, 3.8) is 0 Å². The number of para-hydroxylation sites is 2. The topological polar surface area (TPSA) is 90.5 Å². The quantitative estimate of drug-likeness (QED) is 0.635. The van der Waals surface area contributed by atoms with Crippen LogP contribution < -0.4 is 10.6 Å². The minimum atomic E-state index is -0.121. The number of piperazine rings is 1. The van der Waals surface area contributed by atoms with Crippen molar-refractivity contribution in [3.8, 4) is 0 Å². The summed E-state index contributed by atoms with van der Waals surface area (Å²) in [5, 5.41) is 14.1. The van der Waals surface area contributed by atoms with Gasteiger partial charge in [0, 0.05) is 31.9 Å². The molecule has 1 aliphatic heterocycles. The summed E-state index contributed by atoms with van der Waals surface area (Å²) in [6.45, 7) is 2.70. The van der Waals surface area contributed by atoms with E-state index in [4.69, 9.17) is 0 Å². The molecule has 30 heavy (non-hydrogen) atoms. The highest BCUT2D eigenvalue weighted by molar-refractivity contribution is 7.13. The number of rotatable bonds is 6. The first-order chi connectivity index (χ1) is 14.7. The Kier molecular flexibility index (Phi) is 6.31. The summed E-state index contributed by atoms with van der Waals surface area (Å²) in [5.41, 5.74) is 3.94. The molecule has 0 radical (unpaired) electrons. The van der Waals surface area contributed by atoms with E-state index >= 15 is 0 Å². The Bertz CT molecular complexity index is 988. The summed E-state index contributed by atoms with van der Waals surface area (Å²) in [4.78, 5) is 29.1. The first-order valence-electron chi connectivity index (χ1n) is 9.68. The molecule has 0 spiro atoms. The van der Waals surface area contributed by atoms with E-state index in [1.54, 1.807) is 5.51 Å². The highest BCUT2D eigenvalue weighted by atomic mass is 32.1. The maximum Gasteiger partial charge on any atom is 0.256 e. The highest BCUT2D eigenvalue weighted by Gasteiger charge is 2.25. The first kappa shape index (κ1) is 20.0. The van der Waals surface area contributed by atoms with Gasteiger partial charge in [-0.3, -0.25) is 19.8 Å². The van der Waals surface area contributed by atoms with Gasteiger partial charge < -0.3 is 10.2 Å². The van der Waals surface area contributed by atoms with Gasteiger partial charge in [0.05, 0.1) is 17.8 Å². The largest absolute Gasteiger partial charge is 0.355 e. The molecule has 3 aromatic rings. The number of nitrogens with zero attached hydrogens (tertiary/aromatic N) is 4. The molecule has 9 heteroatoms. The van der Waals surface area contributed by atoms with Gasteiger partial charge in [0.25, 0.3) is 5.91 Å². The molecule has 2 heterocycles. The molecule has 0 aliphatic carbocycles. The van der Waals surface area contributed by atoms with Crippen molar-refractivity contribution in [3.05, 3.63) is 65.7 Å². The Morgan fingerprint density at radius 3 is 2.43 bits per heavy atom. The summed E-state index contributed by atoms with van der Waals surface area (Å²) in [6.07, 6.45) is 0. The molecule has 0 bridgehead atoms. The number of benzene rings is 2. The maximum absolute atomic E-state index is 13.1. The van der Waals surface area contributed by atoms with E-state index < -0.39 is 0 Å². The fraction of sp³-hybridized carbons (Fsp3) is 0.238. The summed E-state index contributed by atoms with van der Waals surface area (Å²) in [6, 6.07) is 17.3. The van der Waals surface area contributed by atoms with Gasteiger partial charge in [0.15, 0.2) is 0 Å². The van der Waals surface area contributed by atoms with Crippen LogP contribution in [0, 0.1) is 0 Å². The molecule has 8 nitrogen and oxygen atoms in total. The Morgan fingerprint density at radius 2 is 1.70 bits per heavy atom. The third kappa shape index (κ3) is 5.00. The third-order valence-corrected chi connectivity index (χ3v) is 5.45. The zero-order valence-electron chi connectivity index (χ0n) is 16.3. The second kappa shape index (κ2) is 9.47. The van der Waals surface area contributed by atoms with E-state index in [1.807, 2.05) is 64.4 Å². The molecule has 2 aromatic carbocycles. The van der Waals surface area contributed by atoms with Crippen molar-refractivity contribution in [2.24, 2.45) is 0 Å². The second-order valence-electron chi connectivity index (χ2n) is 6.90. The van der Waals surface area contributed by atoms with Crippen molar-refractivity contribution < 1.29 is 9.59 Å². The monoisotopic (exact) mass is 422 g/mol. The lowest BCUT2D eigenvalue weighted by Gasteiger charge is -2.34. The van der Waals surface area contributed by atoms with Crippen LogP contribution in [-0.2, 0) is 4.79 Å². The van der Waals surface area contributed by atoms with Crippen molar-refractivity contribution in [1.82, 2.24) is 20.0 Å². The molecule has 1 aromatic heterocycles. The third-order valence-electron chi connectivity index (χ3n) is 4.84. The van der Waals surface area contributed by atoms with E-state index in [0.717, 1.165) is 11.4 Å². The van der Waals surface area contributed by atoms with Crippen LogP contribution in [0.5, 0.6) is 0 Å². The predicted octanol–water partition coefficient (Wildman–Crippen LogP) is 2.68. The van der Waals surface area contributed by atoms with Crippen LogP contribution >= 0.6 is 11.3 Å². The predicted molar refractivity (Wildman–Crippen MR) is 117 cm³/mol. The smallest absolute Gasteiger partial charge is 0.256 e. The number of aromatic nitrogens is 2. The zero-order valence-corrected chi connectivity index (χ0v) is 17.1. The summed E-state index contributed by atoms with van der Waals surface area (Å²) >= 11 is 1.29. The SMILES string of the molecule is O=C(CN1CCN(C(=O)c2ccccc2Nc2ccccc2)CC1)Nc1nncs1. The number of anilines is 3. The average Bonchev–Trinajstić information content (AvgIpc) is 3.28. The molecule has 2 amide bonds. The molecule has 0 unspecified atom stereocenters. The van der Waals surface area contributed by atoms with Crippen molar-refractivity contribution >= 4 is 39.7 Å². The van der Waals surface area contributed by atoms with E-state index in [2.05, 4.69) is 20.8 Å². The van der Waals surface area contributed by atoms with Gasteiger partial charge in [0.1, 0.15) is 5.51 Å². The van der Waals surface area contributed by atoms with Crippen LogP contribution in [0.3, 0.4) is 0 Å². The lowest BCUT2D eigenvalue weighted by molar-refractivity contribution is -0.117. The van der Waals surface area contributed by atoms with Crippen LogP contribution in [0.15, 0.2) is 60.1 Å². The molecule has 4 rings (SSSR count). The molecular formula is C21H22N6O2S. The Balaban J connectivity index is 1.34. The molecule has 1 saturated heterocycles. The number of carbonyl (C=O) groups excluding carboxylic acids is 2. The highest BCUT2D eigenvalue weighted by Crippen LogP contribution is 2.22. The van der Waals surface area contributed by atoms with Gasteiger partial charge in [-0.25, -0.2) is 0 Å². The molecule has 154 valence electrons. The van der Waals surface area contributed by atoms with Gasteiger partial charge in [-0.05, 0) is 24.3 Å². The van der Waals surface area contributed by atoms with Crippen LogP contribution in [0.1, 0.15) is 10.4 Å². The molecule has 0 atom stereocenters. The average molecular weight is 423 g/mol. The number of hydrogen-bond donors (Lipinski definition) is 2. The lowest BCUT2D eigenvalue weighted by atomic mass is 10.1. The second-order valence-corrected chi connectivity index (χ2v) is 7.73. The normalized spacial score (nSPS) is 14.3. The van der Waals surface area contributed by atoms with Crippen LogP contribution in [0.2, 0.25) is 0 Å². The van der Waals surface area contributed by atoms with Crippen LogP contribution in [0.4, 0.5) is 16.5 Å². The lowest BCUT2D eigenvalue weighted by Crippen LogP contribution is -2.50. The van der Waals surface area contributed by atoms with Crippen molar-refractivity contribution in [1.29, 1.82) is 0 Å². The molecule has 0 saturated carbocycles. The van der Waals surface area contributed by atoms with E-state index in [1.165, 1.54) is 11.3 Å². The molecule has 1 fully saturated rings. The van der Waals surface area contributed by atoms with Crippen LogP contribution in [0.25, 0.3) is 0 Å². The fourth-order valence-corrected chi connectivity index (χ4v) is 3.79. The van der Waals surface area contributed by atoms with E-state index in [9.17, 15) is 9.59 Å². The van der Waals surface area contributed by atoms with Crippen molar-refractivity contribution in [2.45, 2.75) is 0 Å².